The van der Waals surface area contributed by atoms with Crippen LogP contribution < -0.4 is 20.9 Å². The van der Waals surface area contributed by atoms with Gasteiger partial charge in [-0.15, -0.1) is 0 Å². The summed E-state index contributed by atoms with van der Waals surface area (Å²) in [4.78, 5) is 5.32. The SMILES string of the molecule is c1ccc(-n2c3ccccc3c3cc(-c4cccc(-c5ccc([Si](c6ccccc6)(c6ccccc6)c6ccccc6)nc5)c4)ccc32)cc1. The van der Waals surface area contributed by atoms with Crippen molar-refractivity contribution in [2.24, 2.45) is 0 Å². The predicted molar refractivity (Wildman–Crippen MR) is 213 cm³/mol. The van der Waals surface area contributed by atoms with Crippen LogP contribution in [-0.4, -0.2) is 17.6 Å². The first kappa shape index (κ1) is 29.8. The second kappa shape index (κ2) is 12.6. The molecule has 9 aromatic rings. The molecule has 236 valence electrons. The van der Waals surface area contributed by atoms with Crippen molar-refractivity contribution in [1.29, 1.82) is 0 Å². The van der Waals surface area contributed by atoms with E-state index in [1.807, 2.05) is 0 Å². The average molecular weight is 655 g/mol. The minimum atomic E-state index is -2.67. The van der Waals surface area contributed by atoms with Crippen LogP contribution in [0.25, 0.3) is 49.7 Å². The van der Waals surface area contributed by atoms with Crippen LogP contribution >= 0.6 is 0 Å². The minimum absolute atomic E-state index is 1.11. The summed E-state index contributed by atoms with van der Waals surface area (Å²) in [5.74, 6) is 0. The molecule has 0 aliphatic rings. The fourth-order valence-electron chi connectivity index (χ4n) is 7.68. The molecular formula is C47H34N2Si. The third kappa shape index (κ3) is 4.99. The van der Waals surface area contributed by atoms with E-state index in [4.69, 9.17) is 4.98 Å². The van der Waals surface area contributed by atoms with Crippen molar-refractivity contribution >= 4 is 50.8 Å². The summed E-state index contributed by atoms with van der Waals surface area (Å²) in [5, 5.41) is 7.60. The molecule has 2 heterocycles. The molecule has 0 aliphatic heterocycles. The molecule has 0 atom stereocenters. The van der Waals surface area contributed by atoms with Crippen molar-refractivity contribution in [3.05, 3.63) is 206 Å². The predicted octanol–water partition coefficient (Wildman–Crippen LogP) is 8.89. The highest BCUT2D eigenvalue weighted by molar-refractivity contribution is 7.19. The van der Waals surface area contributed by atoms with Crippen LogP contribution in [-0.2, 0) is 0 Å². The van der Waals surface area contributed by atoms with E-state index in [0.717, 1.165) is 16.4 Å². The Balaban J connectivity index is 1.14. The van der Waals surface area contributed by atoms with Crippen molar-refractivity contribution in [2.45, 2.75) is 0 Å². The first-order chi connectivity index (χ1) is 24.8. The first-order valence-electron chi connectivity index (χ1n) is 17.1. The van der Waals surface area contributed by atoms with E-state index in [9.17, 15) is 0 Å². The number of aromatic nitrogens is 2. The topological polar surface area (TPSA) is 17.8 Å². The average Bonchev–Trinajstić information content (AvgIpc) is 3.54. The molecule has 0 spiro atoms. The number of para-hydroxylation sites is 2. The van der Waals surface area contributed by atoms with Crippen molar-refractivity contribution in [1.82, 2.24) is 9.55 Å². The van der Waals surface area contributed by atoms with Gasteiger partial charge in [-0.25, -0.2) is 0 Å². The molecule has 0 unspecified atom stereocenters. The summed E-state index contributed by atoms with van der Waals surface area (Å²) in [6, 6.07) is 72.4. The van der Waals surface area contributed by atoms with Gasteiger partial charge < -0.3 is 4.57 Å². The smallest absolute Gasteiger partial charge is 0.201 e. The highest BCUT2D eigenvalue weighted by atomic mass is 28.3. The minimum Gasteiger partial charge on any atom is -0.309 e. The first-order valence-corrected chi connectivity index (χ1v) is 19.1. The zero-order chi connectivity index (χ0) is 33.3. The van der Waals surface area contributed by atoms with Crippen molar-refractivity contribution in [2.75, 3.05) is 0 Å². The van der Waals surface area contributed by atoms with Crippen molar-refractivity contribution in [3.63, 3.8) is 0 Å². The lowest BCUT2D eigenvalue weighted by atomic mass is 9.98. The van der Waals surface area contributed by atoms with Crippen LogP contribution in [0.5, 0.6) is 0 Å². The maximum atomic E-state index is 5.32. The molecule has 0 radical (unpaired) electrons. The second-order valence-corrected chi connectivity index (χ2v) is 16.5. The third-order valence-corrected chi connectivity index (χ3v) is 14.6. The van der Waals surface area contributed by atoms with Gasteiger partial charge in [-0.3, -0.25) is 4.98 Å². The molecule has 2 aromatic heterocycles. The van der Waals surface area contributed by atoms with Gasteiger partial charge in [-0.1, -0.05) is 158 Å². The number of benzene rings is 7. The Kier molecular flexibility index (Phi) is 7.53. The zero-order valence-electron chi connectivity index (χ0n) is 27.5. The normalized spacial score (nSPS) is 11.6. The number of hydrogen-bond acceptors (Lipinski definition) is 1. The van der Waals surface area contributed by atoms with Gasteiger partial charge in [0, 0.05) is 28.0 Å². The highest BCUT2D eigenvalue weighted by Crippen LogP contribution is 2.35. The van der Waals surface area contributed by atoms with Gasteiger partial charge in [-0.05, 0) is 80.3 Å². The van der Waals surface area contributed by atoms with Gasteiger partial charge in [0.1, 0.15) is 0 Å². The number of rotatable bonds is 7. The molecule has 3 heteroatoms. The lowest BCUT2D eigenvalue weighted by Gasteiger charge is -2.33. The van der Waals surface area contributed by atoms with Crippen LogP contribution in [0, 0.1) is 0 Å². The Morgan fingerprint density at radius 3 is 1.46 bits per heavy atom. The largest absolute Gasteiger partial charge is 0.309 e. The Labute approximate surface area is 293 Å². The molecular weight excluding hydrogens is 621 g/mol. The standard InChI is InChI=1S/C47H34N2Si/c1-5-18-39(19-6-1)49-45-27-14-13-26-43(45)44-33-37(28-30-46(44)49)35-16-15-17-36(32-35)38-29-31-47(48-34-38)50(40-20-7-2-8-21-40,41-22-9-3-10-23-41)42-24-11-4-12-25-42/h1-34H. The van der Waals surface area contributed by atoms with E-state index in [1.165, 1.54) is 54.2 Å². The summed E-state index contributed by atoms with van der Waals surface area (Å²) in [5.41, 5.74) is 8.24. The van der Waals surface area contributed by atoms with Crippen LogP contribution in [0.3, 0.4) is 0 Å². The number of pyridine rings is 1. The van der Waals surface area contributed by atoms with Gasteiger partial charge >= 0.3 is 0 Å². The lowest BCUT2D eigenvalue weighted by molar-refractivity contribution is 1.18. The van der Waals surface area contributed by atoms with Gasteiger partial charge in [0.25, 0.3) is 0 Å². The summed E-state index contributed by atoms with van der Waals surface area (Å²) in [6.07, 6.45) is 2.07. The van der Waals surface area contributed by atoms with E-state index in [2.05, 4.69) is 211 Å². The van der Waals surface area contributed by atoms with Crippen LogP contribution in [0.4, 0.5) is 0 Å². The Hall–Kier alpha value is -6.29. The third-order valence-electron chi connectivity index (χ3n) is 9.98. The number of nitrogens with zero attached hydrogens (tertiary/aromatic N) is 2. The fraction of sp³-hybridized carbons (Fsp3) is 0. The maximum absolute atomic E-state index is 5.32. The van der Waals surface area contributed by atoms with Gasteiger partial charge in [-0.2, -0.15) is 0 Å². The quantitative estimate of drug-likeness (QED) is 0.124. The zero-order valence-corrected chi connectivity index (χ0v) is 28.5. The molecule has 0 amide bonds. The molecule has 0 bridgehead atoms. The summed E-state index contributed by atoms with van der Waals surface area (Å²) in [6.45, 7) is 0. The molecule has 0 saturated heterocycles. The Bertz CT molecular complexity index is 2460. The van der Waals surface area contributed by atoms with Crippen molar-refractivity contribution in [3.8, 4) is 27.9 Å². The van der Waals surface area contributed by atoms with Crippen molar-refractivity contribution < 1.29 is 0 Å². The summed E-state index contributed by atoms with van der Waals surface area (Å²) in [7, 11) is -2.67. The van der Waals surface area contributed by atoms with E-state index >= 15 is 0 Å². The Morgan fingerprint density at radius 1 is 0.360 bits per heavy atom. The molecule has 0 fully saturated rings. The van der Waals surface area contributed by atoms with E-state index in [1.54, 1.807) is 0 Å². The molecule has 9 rings (SSSR count). The van der Waals surface area contributed by atoms with Crippen LogP contribution in [0.15, 0.2) is 206 Å². The summed E-state index contributed by atoms with van der Waals surface area (Å²) >= 11 is 0. The van der Waals surface area contributed by atoms with Gasteiger partial charge in [0.15, 0.2) is 0 Å². The Morgan fingerprint density at radius 2 is 0.860 bits per heavy atom. The lowest BCUT2D eigenvalue weighted by Crippen LogP contribution is -2.75. The molecule has 2 nitrogen and oxygen atoms in total. The van der Waals surface area contributed by atoms with Gasteiger partial charge in [0.05, 0.1) is 11.0 Å². The molecule has 0 N–H and O–H groups in total. The van der Waals surface area contributed by atoms with E-state index in [0.29, 0.717) is 0 Å². The van der Waals surface area contributed by atoms with E-state index in [-0.39, 0.29) is 0 Å². The maximum Gasteiger partial charge on any atom is 0.201 e. The fourth-order valence-corrected chi connectivity index (χ4v) is 12.2. The number of fused-ring (bicyclic) bond motifs is 3. The monoisotopic (exact) mass is 654 g/mol. The molecule has 50 heavy (non-hydrogen) atoms. The molecule has 7 aromatic carbocycles. The summed E-state index contributed by atoms with van der Waals surface area (Å²) < 4.78 is 2.36. The van der Waals surface area contributed by atoms with Gasteiger partial charge in [0.2, 0.25) is 8.07 Å². The second-order valence-electron chi connectivity index (χ2n) is 12.8. The molecule has 0 saturated carbocycles. The van der Waals surface area contributed by atoms with Crippen LogP contribution in [0.1, 0.15) is 0 Å². The molecule has 0 aliphatic carbocycles. The highest BCUT2D eigenvalue weighted by Gasteiger charge is 2.42. The van der Waals surface area contributed by atoms with E-state index < -0.39 is 8.07 Å². The number of hydrogen-bond donors (Lipinski definition) is 0. The van der Waals surface area contributed by atoms with Crippen LogP contribution in [0.2, 0.25) is 0 Å².